The molecule has 1 unspecified atom stereocenters. The van der Waals surface area contributed by atoms with Crippen molar-refractivity contribution in [1.82, 2.24) is 0 Å². The molecule has 0 spiro atoms. The Balaban J connectivity index is 0. The molecule has 1 N–H and O–H groups in total. The zero-order chi connectivity index (χ0) is 22.0. The molecule has 0 aliphatic carbocycles. The number of rotatable bonds is 7. The van der Waals surface area contributed by atoms with Crippen molar-refractivity contribution < 1.29 is 131 Å². The fourth-order valence-electron chi connectivity index (χ4n) is 2.59. The third kappa shape index (κ3) is 10.6. The first-order valence-corrected chi connectivity index (χ1v) is 11.2. The Labute approximate surface area is 253 Å². The van der Waals surface area contributed by atoms with Crippen LogP contribution in [-0.2, 0) is 9.13 Å². The van der Waals surface area contributed by atoms with E-state index in [9.17, 15) is 23.8 Å². The van der Waals surface area contributed by atoms with E-state index < -0.39 is 27.1 Å². The monoisotopic (exact) mass is 510 g/mol. The largest absolute Gasteiger partial charge is 1.00 e. The smallest absolute Gasteiger partial charge is 0.780 e. The number of hydrogen-bond donors (Lipinski definition) is 1. The van der Waals surface area contributed by atoms with Crippen LogP contribution in [0, 0.1) is 20.8 Å². The van der Waals surface area contributed by atoms with E-state index in [4.69, 9.17) is 9.63 Å². The van der Waals surface area contributed by atoms with E-state index in [0.717, 1.165) is 11.1 Å². The topological polar surface area (TPSA) is 151 Å². The van der Waals surface area contributed by atoms with Crippen molar-refractivity contribution in [3.63, 3.8) is 0 Å². The van der Waals surface area contributed by atoms with Crippen LogP contribution in [0.2, 0.25) is 0 Å². The van der Waals surface area contributed by atoms with Crippen molar-refractivity contribution in [3.05, 3.63) is 52.1 Å². The van der Waals surface area contributed by atoms with Crippen molar-refractivity contribution in [3.8, 4) is 17.2 Å². The van der Waals surface area contributed by atoms with Gasteiger partial charge < -0.3 is 37.9 Å². The van der Waals surface area contributed by atoms with E-state index in [1.807, 2.05) is 19.9 Å². The Kier molecular flexibility index (Phi) is 15.8. The molecule has 0 aliphatic heterocycles. The number of hydrogen-bond acceptors (Lipinski definition) is 8. The summed E-state index contributed by atoms with van der Waals surface area (Å²) in [6.45, 7) is 5.17. The SMILES string of the molecule is COc1cc(/C=C\c2ccc(C)c(OP(=O)([O-])O)c2OP(=O)([O-])[O-])cc(C)c1C.[Na+].[Na+].[Na+]. The Morgan fingerprint density at radius 3 is 1.97 bits per heavy atom. The second kappa shape index (κ2) is 14.4. The van der Waals surface area contributed by atoms with Crippen molar-refractivity contribution in [2.24, 2.45) is 0 Å². The summed E-state index contributed by atoms with van der Waals surface area (Å²) in [4.78, 5) is 42.5. The molecule has 1 atom stereocenters. The maximum Gasteiger partial charge on any atom is 1.00 e. The molecule has 0 saturated carbocycles. The zero-order valence-corrected chi connectivity index (χ0v) is 26.9. The molecule has 0 bridgehead atoms. The maximum absolute atomic E-state index is 11.2. The molecule has 9 nitrogen and oxygen atoms in total. The van der Waals surface area contributed by atoms with Gasteiger partial charge in [0.15, 0.2) is 11.5 Å². The van der Waals surface area contributed by atoms with Gasteiger partial charge in [-0.15, -0.1) is 0 Å². The van der Waals surface area contributed by atoms with E-state index in [2.05, 4.69) is 9.05 Å². The molecule has 0 radical (unpaired) electrons. The Hall–Kier alpha value is 0.880. The molecular weight excluding hydrogens is 491 g/mol. The Morgan fingerprint density at radius 2 is 1.47 bits per heavy atom. The summed E-state index contributed by atoms with van der Waals surface area (Å²) in [6, 6.07) is 6.43. The van der Waals surface area contributed by atoms with Gasteiger partial charge >= 0.3 is 96.5 Å². The van der Waals surface area contributed by atoms with Gasteiger partial charge in [0.1, 0.15) is 13.6 Å². The standard InChI is InChI=1S/C18H22O9P2.3Na/c1-11-5-7-15(8-6-14-9-12(2)13(3)16(10-14)25-4)18(27-29(22,23)24)17(11)26-28(19,20)21;;;/h5-10H,1-4H3,(H2,19,20,21)(H2,22,23,24);;;/q;3*+1/p-3/b8-6-;;;. The van der Waals surface area contributed by atoms with Gasteiger partial charge in [0.2, 0.25) is 0 Å². The van der Waals surface area contributed by atoms with E-state index in [1.165, 1.54) is 32.2 Å². The van der Waals surface area contributed by atoms with Crippen molar-refractivity contribution in [2.45, 2.75) is 20.8 Å². The first-order chi connectivity index (χ1) is 13.3. The fourth-order valence-corrected chi connectivity index (χ4v) is 3.46. The summed E-state index contributed by atoms with van der Waals surface area (Å²) in [7, 11) is -9.32. The average molecular weight is 510 g/mol. The van der Waals surface area contributed by atoms with Crippen molar-refractivity contribution >= 4 is 27.8 Å². The minimum absolute atomic E-state index is 0. The second-order valence-electron chi connectivity index (χ2n) is 6.23. The van der Waals surface area contributed by atoms with Crippen LogP contribution in [0.5, 0.6) is 17.2 Å². The van der Waals surface area contributed by atoms with Crippen molar-refractivity contribution in [1.29, 1.82) is 0 Å². The number of aryl methyl sites for hydroxylation is 2. The van der Waals surface area contributed by atoms with Gasteiger partial charge in [-0.05, 0) is 49.1 Å². The zero-order valence-electron chi connectivity index (χ0n) is 19.1. The van der Waals surface area contributed by atoms with Gasteiger partial charge in [0.05, 0.1) is 7.11 Å². The molecule has 2 aromatic carbocycles. The quantitative estimate of drug-likeness (QED) is 0.218. The van der Waals surface area contributed by atoms with E-state index in [1.54, 1.807) is 12.1 Å². The predicted molar refractivity (Wildman–Crippen MR) is 101 cm³/mol. The molecule has 0 aromatic heterocycles. The molecule has 0 fully saturated rings. The third-order valence-electron chi connectivity index (χ3n) is 4.07. The molecule has 2 aromatic rings. The minimum atomic E-state index is -5.56. The average Bonchev–Trinajstić information content (AvgIpc) is 2.58. The first kappa shape index (κ1) is 35.0. The van der Waals surface area contributed by atoms with Gasteiger partial charge in [0.25, 0.3) is 0 Å². The summed E-state index contributed by atoms with van der Waals surface area (Å²) >= 11 is 0. The van der Waals surface area contributed by atoms with Crippen LogP contribution in [0.3, 0.4) is 0 Å². The summed E-state index contributed by atoms with van der Waals surface area (Å²) in [5.74, 6) is -0.599. The number of benzene rings is 2. The molecule has 0 saturated heterocycles. The first-order valence-electron chi connectivity index (χ1n) is 8.22. The molecule has 0 amide bonds. The van der Waals surface area contributed by atoms with Crippen LogP contribution >= 0.6 is 15.6 Å². The van der Waals surface area contributed by atoms with Crippen LogP contribution in [0.15, 0.2) is 24.3 Å². The molecule has 2 rings (SSSR count). The summed E-state index contributed by atoms with van der Waals surface area (Å²) in [5.41, 5.74) is 2.77. The van der Waals surface area contributed by atoms with Gasteiger partial charge in [-0.1, -0.05) is 30.4 Å². The van der Waals surface area contributed by atoms with Gasteiger partial charge in [0, 0.05) is 5.56 Å². The number of ether oxygens (including phenoxy) is 1. The Bertz CT molecular complexity index is 1050. The summed E-state index contributed by atoms with van der Waals surface area (Å²) < 4.78 is 36.5. The third-order valence-corrected chi connectivity index (χ3v) is 4.89. The normalized spacial score (nSPS) is 12.6. The number of phosphoric acid groups is 2. The van der Waals surface area contributed by atoms with Crippen LogP contribution in [-0.4, -0.2) is 12.0 Å². The maximum atomic E-state index is 11.2. The number of methoxy groups -OCH3 is 1. The molecule has 158 valence electrons. The predicted octanol–water partition coefficient (Wildman–Crippen LogP) is -7.15. The molecular formula is C18H19Na3O9P2. The molecule has 32 heavy (non-hydrogen) atoms. The van der Waals surface area contributed by atoms with E-state index in [0.29, 0.717) is 11.3 Å². The molecule has 0 heterocycles. The summed E-state index contributed by atoms with van der Waals surface area (Å²) in [6.07, 6.45) is 3.00. The Morgan fingerprint density at radius 1 is 0.875 bits per heavy atom. The van der Waals surface area contributed by atoms with Crippen LogP contribution in [0.25, 0.3) is 12.2 Å². The second-order valence-corrected chi connectivity index (χ2v) is 8.42. The van der Waals surface area contributed by atoms with Gasteiger partial charge in [-0.3, -0.25) is 4.57 Å². The molecule has 14 heteroatoms. The fraction of sp³-hybridized carbons (Fsp3) is 0.222. The van der Waals surface area contributed by atoms with E-state index >= 15 is 0 Å². The van der Waals surface area contributed by atoms with Crippen LogP contribution in [0.1, 0.15) is 27.8 Å². The van der Waals surface area contributed by atoms with Crippen LogP contribution in [0.4, 0.5) is 0 Å². The van der Waals surface area contributed by atoms with Crippen molar-refractivity contribution in [2.75, 3.05) is 7.11 Å². The number of phosphoric ester groups is 2. The minimum Gasteiger partial charge on any atom is -0.780 e. The van der Waals surface area contributed by atoms with Crippen LogP contribution < -0.4 is 117 Å². The van der Waals surface area contributed by atoms with Gasteiger partial charge in [-0.2, -0.15) is 0 Å². The molecule has 0 aliphatic rings. The summed E-state index contributed by atoms with van der Waals surface area (Å²) in [5, 5.41) is 0. The van der Waals surface area contributed by atoms with E-state index in [-0.39, 0.29) is 99.8 Å². The van der Waals surface area contributed by atoms with Gasteiger partial charge in [-0.25, -0.2) is 0 Å².